The predicted octanol–water partition coefficient (Wildman–Crippen LogP) is 4.14. The van der Waals surface area contributed by atoms with E-state index in [4.69, 9.17) is 9.15 Å². The van der Waals surface area contributed by atoms with Crippen molar-refractivity contribution >= 4 is 22.8 Å². The summed E-state index contributed by atoms with van der Waals surface area (Å²) in [5, 5.41) is 12.5. The summed E-state index contributed by atoms with van der Waals surface area (Å²) in [7, 11) is 0. The molecule has 170 valence electrons. The van der Waals surface area contributed by atoms with Crippen LogP contribution in [0.2, 0.25) is 0 Å². The van der Waals surface area contributed by atoms with Crippen LogP contribution < -0.4 is 15.7 Å². The molecule has 0 radical (unpaired) electrons. The number of hydrogen-bond donors (Lipinski definition) is 2. The molecule has 1 unspecified atom stereocenters. The Morgan fingerprint density at radius 3 is 2.45 bits per heavy atom. The highest BCUT2D eigenvalue weighted by Gasteiger charge is 2.23. The monoisotopic (exact) mass is 431 g/mol. The first-order valence-electron chi connectivity index (χ1n) is 10.9. The minimum absolute atomic E-state index is 0.253. The van der Waals surface area contributed by atoms with Crippen molar-refractivity contribution < 1.29 is 23.8 Å². The number of nitrogens with one attached hydrogen (secondary N) is 1. The summed E-state index contributed by atoms with van der Waals surface area (Å²) < 4.78 is 11.2. The van der Waals surface area contributed by atoms with Gasteiger partial charge in [-0.2, -0.15) is 0 Å². The Kier molecular flexibility index (Phi) is 8.65. The number of rotatable bonds is 11. The average molecular weight is 432 g/mol. The molecule has 2 aromatic rings. The Bertz CT molecular complexity index is 992. The second-order valence-corrected chi connectivity index (χ2v) is 8.29. The number of aryl methyl sites for hydroxylation is 2. The first kappa shape index (κ1) is 24.4. The number of aliphatic carboxylic acids is 1. The molecule has 0 fully saturated rings. The molecule has 0 bridgehead atoms. The van der Waals surface area contributed by atoms with Gasteiger partial charge in [0.05, 0.1) is 0 Å². The number of fused-ring (bicyclic) bond motifs is 1. The number of ether oxygens (including phenoxy) is 1. The molecule has 0 saturated carbocycles. The van der Waals surface area contributed by atoms with E-state index in [0.717, 1.165) is 36.6 Å². The summed E-state index contributed by atoms with van der Waals surface area (Å²) in [5.74, 6) is -1.46. The molecule has 7 nitrogen and oxygen atoms in total. The van der Waals surface area contributed by atoms with Gasteiger partial charge in [0.25, 0.3) is 5.91 Å². The van der Waals surface area contributed by atoms with Gasteiger partial charge in [-0.3, -0.25) is 4.79 Å². The van der Waals surface area contributed by atoms with Crippen LogP contribution in [0, 0.1) is 19.8 Å². The Hall–Kier alpha value is -2.83. The van der Waals surface area contributed by atoms with Gasteiger partial charge >= 0.3 is 11.6 Å². The Morgan fingerprint density at radius 1 is 1.13 bits per heavy atom. The van der Waals surface area contributed by atoms with Gasteiger partial charge in [0.15, 0.2) is 6.61 Å². The van der Waals surface area contributed by atoms with Crippen LogP contribution in [-0.4, -0.2) is 29.6 Å². The quantitative estimate of drug-likeness (QED) is 0.409. The molecule has 31 heavy (non-hydrogen) atoms. The van der Waals surface area contributed by atoms with E-state index in [2.05, 4.69) is 12.2 Å². The van der Waals surface area contributed by atoms with Gasteiger partial charge in [0.2, 0.25) is 0 Å². The topological polar surface area (TPSA) is 106 Å². The smallest absolute Gasteiger partial charge is 0.339 e. The van der Waals surface area contributed by atoms with E-state index in [1.165, 1.54) is 0 Å². The molecule has 0 spiro atoms. The van der Waals surface area contributed by atoms with Crippen LogP contribution in [0.4, 0.5) is 0 Å². The normalized spacial score (nSPS) is 12.2. The Morgan fingerprint density at radius 2 is 1.84 bits per heavy atom. The lowest BCUT2D eigenvalue weighted by atomic mass is 9.99. The van der Waals surface area contributed by atoms with E-state index in [1.54, 1.807) is 26.8 Å². The number of carboxylic acids is 1. The van der Waals surface area contributed by atoms with E-state index >= 15 is 0 Å². The summed E-state index contributed by atoms with van der Waals surface area (Å²) in [6.07, 6.45) is 5.02. The second-order valence-electron chi connectivity index (χ2n) is 8.29. The maximum absolute atomic E-state index is 12.6. The van der Waals surface area contributed by atoms with Gasteiger partial charge < -0.3 is 19.6 Å². The molecular formula is C24H33NO6. The fourth-order valence-electron chi connectivity index (χ4n) is 3.62. The maximum atomic E-state index is 12.6. The third kappa shape index (κ3) is 6.09. The lowest BCUT2D eigenvalue weighted by Gasteiger charge is -2.18. The highest BCUT2D eigenvalue weighted by molar-refractivity contribution is 5.86. The molecule has 1 atom stereocenters. The van der Waals surface area contributed by atoms with E-state index in [0.29, 0.717) is 28.9 Å². The zero-order chi connectivity index (χ0) is 23.1. The number of hydrogen-bond acceptors (Lipinski definition) is 5. The van der Waals surface area contributed by atoms with Crippen molar-refractivity contribution in [2.75, 3.05) is 6.61 Å². The van der Waals surface area contributed by atoms with Gasteiger partial charge in [0.1, 0.15) is 17.4 Å². The highest BCUT2D eigenvalue weighted by Crippen LogP contribution is 2.29. The van der Waals surface area contributed by atoms with Gasteiger partial charge in [0, 0.05) is 16.5 Å². The molecule has 0 saturated heterocycles. The number of amides is 1. The van der Waals surface area contributed by atoms with Crippen molar-refractivity contribution in [2.45, 2.75) is 72.8 Å². The van der Waals surface area contributed by atoms with E-state index < -0.39 is 17.9 Å². The lowest BCUT2D eigenvalue weighted by Crippen LogP contribution is -2.46. The summed E-state index contributed by atoms with van der Waals surface area (Å²) in [6, 6.07) is 2.60. The van der Waals surface area contributed by atoms with Crippen LogP contribution in [0.25, 0.3) is 11.0 Å². The van der Waals surface area contributed by atoms with Crippen molar-refractivity contribution in [3.63, 3.8) is 0 Å². The average Bonchev–Trinajstić information content (AvgIpc) is 2.71. The molecule has 0 aliphatic carbocycles. The molecule has 2 N–H and O–H groups in total. The first-order valence-corrected chi connectivity index (χ1v) is 10.9. The van der Waals surface area contributed by atoms with Crippen LogP contribution in [0.15, 0.2) is 21.3 Å². The fraction of sp³-hybridized carbons (Fsp3) is 0.542. The molecule has 1 aromatic carbocycles. The van der Waals surface area contributed by atoms with Crippen LogP contribution in [0.5, 0.6) is 5.75 Å². The summed E-state index contributed by atoms with van der Waals surface area (Å²) in [4.78, 5) is 35.9. The number of carboxylic acid groups (broad SMARTS) is 1. The zero-order valence-corrected chi connectivity index (χ0v) is 19.0. The summed E-state index contributed by atoms with van der Waals surface area (Å²) in [5.41, 5.74) is 2.37. The molecule has 1 amide bonds. The molecule has 0 aliphatic rings. The Labute approximate surface area is 182 Å². The first-order chi connectivity index (χ1) is 14.7. The highest BCUT2D eigenvalue weighted by atomic mass is 16.5. The van der Waals surface area contributed by atoms with Crippen LogP contribution in [-0.2, 0) is 16.0 Å². The van der Waals surface area contributed by atoms with Crippen LogP contribution in [0.1, 0.15) is 63.1 Å². The van der Waals surface area contributed by atoms with E-state index in [-0.39, 0.29) is 18.2 Å². The molecule has 0 aliphatic heterocycles. The number of carbonyl (C=O) groups excluding carboxylic acids is 1. The molecule has 1 aromatic heterocycles. The van der Waals surface area contributed by atoms with E-state index in [1.807, 2.05) is 13.0 Å². The van der Waals surface area contributed by atoms with Crippen LogP contribution >= 0.6 is 0 Å². The largest absolute Gasteiger partial charge is 0.483 e. The van der Waals surface area contributed by atoms with Crippen LogP contribution in [0.3, 0.4) is 0 Å². The van der Waals surface area contributed by atoms with Gasteiger partial charge in [-0.15, -0.1) is 0 Å². The van der Waals surface area contributed by atoms with Crippen molar-refractivity contribution in [2.24, 2.45) is 5.92 Å². The fourth-order valence-corrected chi connectivity index (χ4v) is 3.62. The summed E-state index contributed by atoms with van der Waals surface area (Å²) in [6.45, 7) is 8.95. The number of benzene rings is 1. The summed E-state index contributed by atoms with van der Waals surface area (Å²) >= 11 is 0. The third-order valence-electron chi connectivity index (χ3n) is 5.54. The maximum Gasteiger partial charge on any atom is 0.339 e. The molecular weight excluding hydrogens is 398 g/mol. The zero-order valence-electron chi connectivity index (χ0n) is 19.0. The van der Waals surface area contributed by atoms with Gasteiger partial charge in [-0.05, 0) is 50.3 Å². The number of carbonyl (C=O) groups is 2. The number of unbranched alkanes of at least 4 members (excludes halogenated alkanes) is 3. The van der Waals surface area contributed by atoms with Gasteiger partial charge in [-0.1, -0.05) is 40.0 Å². The van der Waals surface area contributed by atoms with Crippen molar-refractivity contribution in [1.29, 1.82) is 0 Å². The lowest BCUT2D eigenvalue weighted by molar-refractivity contribution is -0.143. The molecule has 7 heteroatoms. The van der Waals surface area contributed by atoms with Crippen molar-refractivity contribution in [1.82, 2.24) is 5.32 Å². The van der Waals surface area contributed by atoms with Gasteiger partial charge in [-0.25, -0.2) is 9.59 Å². The SMILES string of the molecule is CCCCCCc1c(C)c2ccc(OCC(=O)NC(C(=O)O)C(C)C)c(C)c2oc1=O. The predicted molar refractivity (Wildman–Crippen MR) is 120 cm³/mol. The van der Waals surface area contributed by atoms with Crippen molar-refractivity contribution in [3.05, 3.63) is 39.2 Å². The Balaban J connectivity index is 2.18. The van der Waals surface area contributed by atoms with E-state index in [9.17, 15) is 19.5 Å². The van der Waals surface area contributed by atoms with Crippen molar-refractivity contribution in [3.8, 4) is 5.75 Å². The molecule has 1 heterocycles. The standard InChI is InChI=1S/C24H33NO6/c1-6-7-8-9-10-18-15(4)17-11-12-19(16(5)22(17)31-24(18)29)30-13-20(26)25-21(14(2)3)23(27)28/h11-12,14,21H,6-10,13H2,1-5H3,(H,25,26)(H,27,28). The molecule has 2 rings (SSSR count). The second kappa shape index (κ2) is 11.0. The third-order valence-corrected chi connectivity index (χ3v) is 5.54. The minimum atomic E-state index is -1.09. The minimum Gasteiger partial charge on any atom is -0.483 e.